The van der Waals surface area contributed by atoms with Gasteiger partial charge in [0.15, 0.2) is 5.96 Å². The van der Waals surface area contributed by atoms with Crippen LogP contribution in [-0.2, 0) is 13.1 Å². The average molecular weight is 448 g/mol. The second-order valence-electron chi connectivity index (χ2n) is 7.48. The lowest BCUT2D eigenvalue weighted by molar-refractivity contribution is -0.274. The lowest BCUT2D eigenvalue weighted by Gasteiger charge is -2.26. The highest BCUT2D eigenvalue weighted by atomic mass is 19.4. The van der Waals surface area contributed by atoms with Gasteiger partial charge >= 0.3 is 6.36 Å². The summed E-state index contributed by atoms with van der Waals surface area (Å²) in [6.07, 6.45) is -1.48. The van der Waals surface area contributed by atoms with Crippen LogP contribution >= 0.6 is 0 Å². The molecule has 3 rings (SSSR count). The lowest BCUT2D eigenvalue weighted by atomic mass is 10.1. The third-order valence-corrected chi connectivity index (χ3v) is 5.17. The standard InChI is InChI=1S/C23H27F3N4O2/c1-27-22(29-16-19-7-3-4-8-20(19)32-23(24,25)26)28-15-17-9-11-18(12-10-17)21(31)30-13-5-2-6-14-30/h3-4,7-12H,2,5-6,13-16H2,1H3,(H2,27,28,29). The molecule has 2 N–H and O–H groups in total. The zero-order valence-corrected chi connectivity index (χ0v) is 17.9. The van der Waals surface area contributed by atoms with E-state index >= 15 is 0 Å². The minimum absolute atomic E-state index is 0.0569. The van der Waals surface area contributed by atoms with Crippen LogP contribution < -0.4 is 15.4 Å². The number of nitrogens with one attached hydrogen (secondary N) is 2. The molecule has 1 saturated heterocycles. The summed E-state index contributed by atoms with van der Waals surface area (Å²) >= 11 is 0. The molecule has 172 valence electrons. The molecule has 2 aromatic carbocycles. The van der Waals surface area contributed by atoms with E-state index in [0.717, 1.165) is 31.5 Å². The minimum atomic E-state index is -4.75. The van der Waals surface area contributed by atoms with Gasteiger partial charge in [0.1, 0.15) is 5.75 Å². The molecule has 0 aromatic heterocycles. The first-order chi connectivity index (χ1) is 15.4. The fraction of sp³-hybridized carbons (Fsp3) is 0.391. The summed E-state index contributed by atoms with van der Waals surface area (Å²) in [7, 11) is 1.58. The van der Waals surface area contributed by atoms with Crippen LogP contribution in [0.3, 0.4) is 0 Å². The number of nitrogens with zero attached hydrogens (tertiary/aromatic N) is 2. The Bertz CT molecular complexity index is 924. The molecule has 1 aliphatic rings. The molecule has 9 heteroatoms. The van der Waals surface area contributed by atoms with Gasteiger partial charge in [0.05, 0.1) is 0 Å². The van der Waals surface area contributed by atoms with Crippen molar-refractivity contribution in [1.82, 2.24) is 15.5 Å². The molecule has 0 aliphatic carbocycles. The van der Waals surface area contributed by atoms with Gasteiger partial charge in [-0.2, -0.15) is 0 Å². The van der Waals surface area contributed by atoms with Gasteiger partial charge in [0.2, 0.25) is 0 Å². The predicted molar refractivity (Wildman–Crippen MR) is 116 cm³/mol. The van der Waals surface area contributed by atoms with Gasteiger partial charge in [0.25, 0.3) is 5.91 Å². The number of amides is 1. The Hall–Kier alpha value is -3.23. The zero-order valence-electron chi connectivity index (χ0n) is 17.9. The molecule has 0 atom stereocenters. The van der Waals surface area contributed by atoms with Crippen LogP contribution in [0.1, 0.15) is 40.7 Å². The number of hydrogen-bond acceptors (Lipinski definition) is 3. The molecular formula is C23H27F3N4O2. The first-order valence-corrected chi connectivity index (χ1v) is 10.5. The highest BCUT2D eigenvalue weighted by molar-refractivity contribution is 5.94. The molecule has 1 aliphatic heterocycles. The van der Waals surface area contributed by atoms with Crippen molar-refractivity contribution in [3.05, 3.63) is 65.2 Å². The van der Waals surface area contributed by atoms with Gasteiger partial charge in [-0.1, -0.05) is 30.3 Å². The Balaban J connectivity index is 1.52. The highest BCUT2D eigenvalue weighted by Crippen LogP contribution is 2.26. The number of likely N-dealkylation sites (tertiary alicyclic amines) is 1. The number of piperidine rings is 1. The van der Waals surface area contributed by atoms with Crippen LogP contribution in [-0.4, -0.2) is 43.3 Å². The Morgan fingerprint density at radius 3 is 2.31 bits per heavy atom. The maximum Gasteiger partial charge on any atom is 0.573 e. The molecule has 0 radical (unpaired) electrons. The quantitative estimate of drug-likeness (QED) is 0.516. The largest absolute Gasteiger partial charge is 0.573 e. The summed E-state index contributed by atoms with van der Waals surface area (Å²) < 4.78 is 41.8. The van der Waals surface area contributed by atoms with E-state index in [1.54, 1.807) is 19.2 Å². The third kappa shape index (κ3) is 6.90. The SMILES string of the molecule is CN=C(NCc1ccc(C(=O)N2CCCCC2)cc1)NCc1ccccc1OC(F)(F)F. The summed E-state index contributed by atoms with van der Waals surface area (Å²) in [5.74, 6) is 0.235. The number of halogens is 3. The van der Waals surface area contributed by atoms with Crippen molar-refractivity contribution in [2.45, 2.75) is 38.7 Å². The van der Waals surface area contributed by atoms with Gasteiger partial charge in [-0.05, 0) is 43.0 Å². The monoisotopic (exact) mass is 448 g/mol. The van der Waals surface area contributed by atoms with E-state index in [-0.39, 0.29) is 18.2 Å². The van der Waals surface area contributed by atoms with E-state index in [1.165, 1.54) is 18.6 Å². The number of aliphatic imine (C=N–C) groups is 1. The van der Waals surface area contributed by atoms with Crippen LogP contribution in [0.15, 0.2) is 53.5 Å². The smallest absolute Gasteiger partial charge is 0.405 e. The molecule has 32 heavy (non-hydrogen) atoms. The maximum absolute atomic E-state index is 12.6. The molecule has 0 spiro atoms. The molecule has 0 unspecified atom stereocenters. The van der Waals surface area contributed by atoms with E-state index < -0.39 is 6.36 Å². The van der Waals surface area contributed by atoms with Crippen LogP contribution in [0.4, 0.5) is 13.2 Å². The van der Waals surface area contributed by atoms with E-state index in [0.29, 0.717) is 23.6 Å². The topological polar surface area (TPSA) is 66.0 Å². The Morgan fingerprint density at radius 2 is 1.66 bits per heavy atom. The van der Waals surface area contributed by atoms with Crippen LogP contribution in [0.5, 0.6) is 5.75 Å². The second-order valence-corrected chi connectivity index (χ2v) is 7.48. The number of benzene rings is 2. The summed E-state index contributed by atoms with van der Waals surface area (Å²) in [6, 6.07) is 13.3. The number of carbonyl (C=O) groups excluding carboxylic acids is 1. The van der Waals surface area contributed by atoms with Crippen molar-refractivity contribution in [2.24, 2.45) is 4.99 Å². The fourth-order valence-electron chi connectivity index (χ4n) is 3.50. The Labute approximate surface area is 185 Å². The molecule has 0 saturated carbocycles. The molecular weight excluding hydrogens is 421 g/mol. The molecule has 1 fully saturated rings. The van der Waals surface area contributed by atoms with Gasteiger partial charge < -0.3 is 20.3 Å². The number of rotatable bonds is 6. The van der Waals surface area contributed by atoms with Gasteiger partial charge in [0, 0.05) is 44.4 Å². The first kappa shape index (κ1) is 23.4. The molecule has 2 aromatic rings. The number of alkyl halides is 3. The molecule has 1 amide bonds. The second kappa shape index (κ2) is 10.9. The highest BCUT2D eigenvalue weighted by Gasteiger charge is 2.31. The maximum atomic E-state index is 12.6. The molecule has 0 bridgehead atoms. The van der Waals surface area contributed by atoms with Crippen molar-refractivity contribution in [1.29, 1.82) is 0 Å². The number of guanidine groups is 1. The number of hydrogen-bond donors (Lipinski definition) is 2. The number of ether oxygens (including phenoxy) is 1. The molecule has 6 nitrogen and oxygen atoms in total. The third-order valence-electron chi connectivity index (χ3n) is 5.17. The van der Waals surface area contributed by atoms with E-state index in [2.05, 4.69) is 20.4 Å². The lowest BCUT2D eigenvalue weighted by Crippen LogP contribution is -2.36. The normalized spacial score (nSPS) is 14.8. The first-order valence-electron chi connectivity index (χ1n) is 10.5. The van der Waals surface area contributed by atoms with Crippen molar-refractivity contribution in [3.63, 3.8) is 0 Å². The predicted octanol–water partition coefficient (Wildman–Crippen LogP) is 4.08. The van der Waals surface area contributed by atoms with Crippen molar-refractivity contribution >= 4 is 11.9 Å². The van der Waals surface area contributed by atoms with Crippen molar-refractivity contribution in [2.75, 3.05) is 20.1 Å². The Kier molecular flexibility index (Phi) is 7.97. The average Bonchev–Trinajstić information content (AvgIpc) is 2.79. The van der Waals surface area contributed by atoms with Crippen LogP contribution in [0, 0.1) is 0 Å². The Morgan fingerprint density at radius 1 is 1.00 bits per heavy atom. The fourth-order valence-corrected chi connectivity index (χ4v) is 3.50. The van der Waals surface area contributed by atoms with Crippen LogP contribution in [0.25, 0.3) is 0 Å². The van der Waals surface area contributed by atoms with Crippen molar-refractivity contribution < 1.29 is 22.7 Å². The summed E-state index contributed by atoms with van der Waals surface area (Å²) in [4.78, 5) is 18.5. The van der Waals surface area contributed by atoms with Gasteiger partial charge in [-0.25, -0.2) is 0 Å². The minimum Gasteiger partial charge on any atom is -0.405 e. The molecule has 1 heterocycles. The zero-order chi connectivity index (χ0) is 23.0. The van der Waals surface area contributed by atoms with Crippen molar-refractivity contribution in [3.8, 4) is 5.75 Å². The summed E-state index contributed by atoms with van der Waals surface area (Å²) in [5, 5.41) is 6.10. The number of para-hydroxylation sites is 1. The van der Waals surface area contributed by atoms with E-state index in [4.69, 9.17) is 0 Å². The van der Waals surface area contributed by atoms with E-state index in [9.17, 15) is 18.0 Å². The summed E-state index contributed by atoms with van der Waals surface area (Å²) in [6.45, 7) is 2.16. The van der Waals surface area contributed by atoms with Gasteiger partial charge in [-0.3, -0.25) is 9.79 Å². The van der Waals surface area contributed by atoms with Crippen LogP contribution in [0.2, 0.25) is 0 Å². The van der Waals surface area contributed by atoms with Gasteiger partial charge in [-0.15, -0.1) is 13.2 Å². The van der Waals surface area contributed by atoms with E-state index in [1.807, 2.05) is 29.2 Å². The number of carbonyl (C=O) groups is 1. The summed E-state index contributed by atoms with van der Waals surface area (Å²) in [5.41, 5.74) is 1.97.